The monoisotopic (exact) mass is 378 g/mol. The smallest absolute Gasteiger partial charge is 0.238 e. The van der Waals surface area contributed by atoms with Crippen LogP contribution >= 0.6 is 0 Å². The van der Waals surface area contributed by atoms with E-state index in [4.69, 9.17) is 13.6 Å². The molecule has 0 saturated heterocycles. The fraction of sp³-hybridized carbons (Fsp3) is 0.227. The minimum atomic E-state index is -0.139. The van der Waals surface area contributed by atoms with Gasteiger partial charge in [-0.25, -0.2) is 0 Å². The summed E-state index contributed by atoms with van der Waals surface area (Å²) in [7, 11) is 3.46. The summed E-state index contributed by atoms with van der Waals surface area (Å²) in [6, 6.07) is 15.4. The highest BCUT2D eigenvalue weighted by Gasteiger charge is 2.15. The first kappa shape index (κ1) is 18.1. The summed E-state index contributed by atoms with van der Waals surface area (Å²) in [6.07, 6.45) is 0. The number of methoxy groups -OCH3 is 1. The molecular formula is C22H22N2O4. The molecule has 2 aromatic carbocycles. The fourth-order valence-electron chi connectivity index (χ4n) is 3.34. The van der Waals surface area contributed by atoms with Crippen LogP contribution in [-0.2, 0) is 11.3 Å². The average Bonchev–Trinajstić information content (AvgIpc) is 3.23. The molecule has 6 heteroatoms. The summed E-state index contributed by atoms with van der Waals surface area (Å²) in [5.74, 6) is 2.14. The van der Waals surface area contributed by atoms with Crippen molar-refractivity contribution < 1.29 is 18.4 Å². The van der Waals surface area contributed by atoms with Crippen molar-refractivity contribution in [2.75, 3.05) is 26.0 Å². The molecule has 0 aliphatic carbocycles. The summed E-state index contributed by atoms with van der Waals surface area (Å²) in [5, 5.41) is 4.89. The molecule has 0 spiro atoms. The van der Waals surface area contributed by atoms with Gasteiger partial charge >= 0.3 is 0 Å². The minimum Gasteiger partial charge on any atom is -0.495 e. The number of anilines is 1. The molecule has 0 atom stereocenters. The van der Waals surface area contributed by atoms with E-state index in [9.17, 15) is 4.79 Å². The van der Waals surface area contributed by atoms with Crippen molar-refractivity contribution in [3.63, 3.8) is 0 Å². The largest absolute Gasteiger partial charge is 0.495 e. The number of likely N-dealkylation sites (N-methyl/N-ethyl adjacent to an activating group) is 1. The Morgan fingerprint density at radius 3 is 2.64 bits per heavy atom. The highest BCUT2D eigenvalue weighted by molar-refractivity contribution is 6.07. The van der Waals surface area contributed by atoms with Gasteiger partial charge in [-0.15, -0.1) is 0 Å². The van der Waals surface area contributed by atoms with Crippen LogP contribution in [0, 0.1) is 6.92 Å². The summed E-state index contributed by atoms with van der Waals surface area (Å²) < 4.78 is 17.0. The van der Waals surface area contributed by atoms with Crippen molar-refractivity contribution in [2.24, 2.45) is 0 Å². The quantitative estimate of drug-likeness (QED) is 0.532. The fourth-order valence-corrected chi connectivity index (χ4v) is 3.34. The van der Waals surface area contributed by atoms with E-state index in [0.717, 1.165) is 27.9 Å². The van der Waals surface area contributed by atoms with Crippen LogP contribution in [0.2, 0.25) is 0 Å². The van der Waals surface area contributed by atoms with Gasteiger partial charge < -0.3 is 18.9 Å². The maximum atomic E-state index is 12.5. The number of nitrogens with zero attached hydrogens (tertiary/aromatic N) is 1. The number of carbonyl (C=O) groups excluding carboxylic acids is 1. The van der Waals surface area contributed by atoms with Crippen LogP contribution in [-0.4, -0.2) is 31.5 Å². The highest BCUT2D eigenvalue weighted by Crippen LogP contribution is 2.36. The highest BCUT2D eigenvalue weighted by atomic mass is 16.5. The van der Waals surface area contributed by atoms with Gasteiger partial charge in [-0.05, 0) is 38.2 Å². The zero-order valence-electron chi connectivity index (χ0n) is 16.1. The number of hydrogen-bond donors (Lipinski definition) is 1. The Morgan fingerprint density at radius 2 is 1.89 bits per heavy atom. The van der Waals surface area contributed by atoms with Crippen LogP contribution in [0.3, 0.4) is 0 Å². The van der Waals surface area contributed by atoms with E-state index in [-0.39, 0.29) is 12.5 Å². The predicted octanol–water partition coefficient (Wildman–Crippen LogP) is 4.57. The molecule has 0 radical (unpaired) electrons. The maximum Gasteiger partial charge on any atom is 0.238 e. The number of carbonyl (C=O) groups is 1. The van der Waals surface area contributed by atoms with Gasteiger partial charge in [0.25, 0.3) is 0 Å². The van der Waals surface area contributed by atoms with Crippen molar-refractivity contribution in [2.45, 2.75) is 13.5 Å². The molecule has 0 saturated carbocycles. The van der Waals surface area contributed by atoms with Crippen molar-refractivity contribution in [3.8, 4) is 5.75 Å². The van der Waals surface area contributed by atoms with Crippen LogP contribution < -0.4 is 10.1 Å². The van der Waals surface area contributed by atoms with Crippen molar-refractivity contribution in [1.29, 1.82) is 0 Å². The van der Waals surface area contributed by atoms with E-state index in [2.05, 4.69) is 5.32 Å². The van der Waals surface area contributed by atoms with E-state index in [0.29, 0.717) is 23.6 Å². The Balaban J connectivity index is 1.52. The molecule has 1 N–H and O–H groups in total. The number of rotatable bonds is 6. The van der Waals surface area contributed by atoms with Crippen LogP contribution in [0.1, 0.15) is 11.5 Å². The predicted molar refractivity (Wildman–Crippen MR) is 109 cm³/mol. The Kier molecular flexibility index (Phi) is 4.79. The molecule has 4 aromatic rings. The van der Waals surface area contributed by atoms with Gasteiger partial charge in [0.15, 0.2) is 0 Å². The molecule has 28 heavy (non-hydrogen) atoms. The van der Waals surface area contributed by atoms with Gasteiger partial charge in [-0.1, -0.05) is 18.2 Å². The second kappa shape index (κ2) is 7.40. The summed E-state index contributed by atoms with van der Waals surface area (Å²) in [5.41, 5.74) is 2.09. The molecule has 6 nitrogen and oxygen atoms in total. The Hall–Kier alpha value is -3.25. The first-order valence-corrected chi connectivity index (χ1v) is 9.06. The molecule has 144 valence electrons. The van der Waals surface area contributed by atoms with E-state index >= 15 is 0 Å². The normalized spacial score (nSPS) is 11.4. The second-order valence-electron chi connectivity index (χ2n) is 6.88. The molecular weight excluding hydrogens is 356 g/mol. The van der Waals surface area contributed by atoms with Crippen molar-refractivity contribution >= 4 is 33.5 Å². The number of ether oxygens (including phenoxy) is 1. The Labute approximate surface area is 162 Å². The SMILES string of the molecule is COc1cc2c(cc1NC(=O)CN(C)Cc1ccc(C)o1)oc1ccccc12. The maximum absolute atomic E-state index is 12.5. The van der Waals surface area contributed by atoms with Gasteiger partial charge in [0.1, 0.15) is 28.4 Å². The lowest BCUT2D eigenvalue weighted by Gasteiger charge is -2.16. The molecule has 0 aliphatic heterocycles. The lowest BCUT2D eigenvalue weighted by Crippen LogP contribution is -2.29. The molecule has 2 heterocycles. The summed E-state index contributed by atoms with van der Waals surface area (Å²) in [4.78, 5) is 14.4. The number of fused-ring (bicyclic) bond motifs is 3. The lowest BCUT2D eigenvalue weighted by molar-refractivity contribution is -0.117. The van der Waals surface area contributed by atoms with Crippen LogP contribution in [0.25, 0.3) is 21.9 Å². The second-order valence-corrected chi connectivity index (χ2v) is 6.88. The number of hydrogen-bond acceptors (Lipinski definition) is 5. The zero-order valence-corrected chi connectivity index (χ0v) is 16.1. The van der Waals surface area contributed by atoms with Gasteiger partial charge in [0, 0.05) is 16.8 Å². The molecule has 4 rings (SSSR count). The van der Waals surface area contributed by atoms with Crippen LogP contribution in [0.4, 0.5) is 5.69 Å². The molecule has 0 bridgehead atoms. The third-order valence-corrected chi connectivity index (χ3v) is 4.61. The van der Waals surface area contributed by atoms with E-state index in [1.54, 1.807) is 7.11 Å². The van der Waals surface area contributed by atoms with Gasteiger partial charge in [0.05, 0.1) is 25.9 Å². The molecule has 0 fully saturated rings. The molecule has 0 aliphatic rings. The molecule has 0 unspecified atom stereocenters. The van der Waals surface area contributed by atoms with E-state index in [1.807, 2.05) is 67.4 Å². The van der Waals surface area contributed by atoms with Crippen molar-refractivity contribution in [1.82, 2.24) is 4.90 Å². The zero-order chi connectivity index (χ0) is 19.7. The molecule has 1 amide bonds. The topological polar surface area (TPSA) is 67.8 Å². The average molecular weight is 378 g/mol. The first-order valence-electron chi connectivity index (χ1n) is 9.06. The minimum absolute atomic E-state index is 0.139. The van der Waals surface area contributed by atoms with Gasteiger partial charge in [0.2, 0.25) is 5.91 Å². The number of furan rings is 2. The number of nitrogens with one attached hydrogen (secondary N) is 1. The van der Waals surface area contributed by atoms with Gasteiger partial charge in [-0.2, -0.15) is 0 Å². The summed E-state index contributed by atoms with van der Waals surface area (Å²) >= 11 is 0. The van der Waals surface area contributed by atoms with Crippen LogP contribution in [0.5, 0.6) is 5.75 Å². The van der Waals surface area contributed by atoms with E-state index < -0.39 is 0 Å². The third kappa shape index (κ3) is 3.59. The lowest BCUT2D eigenvalue weighted by atomic mass is 10.1. The Morgan fingerprint density at radius 1 is 1.07 bits per heavy atom. The number of amides is 1. The number of para-hydroxylation sites is 1. The third-order valence-electron chi connectivity index (χ3n) is 4.61. The van der Waals surface area contributed by atoms with Gasteiger partial charge in [-0.3, -0.25) is 9.69 Å². The summed E-state index contributed by atoms with van der Waals surface area (Å²) in [6.45, 7) is 2.68. The molecule has 2 aromatic heterocycles. The van der Waals surface area contributed by atoms with Crippen molar-refractivity contribution in [3.05, 3.63) is 60.1 Å². The van der Waals surface area contributed by atoms with Crippen LogP contribution in [0.15, 0.2) is 57.4 Å². The van der Waals surface area contributed by atoms with E-state index in [1.165, 1.54) is 0 Å². The first-order chi connectivity index (χ1) is 13.5. The number of benzene rings is 2. The standard InChI is InChI=1S/C22H22N2O4/c1-14-8-9-15(27-14)12-24(2)13-22(25)23-18-11-20-17(10-21(18)26-3)16-6-4-5-7-19(16)28-20/h4-11H,12-13H2,1-3H3,(H,23,25). The Bertz CT molecular complexity index is 1140. The number of aryl methyl sites for hydroxylation is 1.